The lowest BCUT2D eigenvalue weighted by Crippen LogP contribution is -2.12. The van der Waals surface area contributed by atoms with E-state index in [1.807, 2.05) is 30.3 Å². The van der Waals surface area contributed by atoms with Gasteiger partial charge in [-0.3, -0.25) is 4.79 Å². The van der Waals surface area contributed by atoms with Gasteiger partial charge in [-0.05, 0) is 25.5 Å². The summed E-state index contributed by atoms with van der Waals surface area (Å²) in [5.74, 6) is 1.84. The van der Waals surface area contributed by atoms with Crippen LogP contribution in [0.1, 0.15) is 18.6 Å². The normalized spacial score (nSPS) is 10.2. The molecule has 0 aliphatic rings. The number of aryl methyl sites for hydroxylation is 1. The van der Waals surface area contributed by atoms with Crippen LogP contribution in [0.15, 0.2) is 40.9 Å². The van der Waals surface area contributed by atoms with E-state index in [1.165, 1.54) is 0 Å². The number of nitrogens with zero attached hydrogens (tertiary/aromatic N) is 1. The first-order valence-corrected chi connectivity index (χ1v) is 6.15. The molecule has 0 saturated heterocycles. The van der Waals surface area contributed by atoms with Gasteiger partial charge in [0.1, 0.15) is 11.5 Å². The number of benzene rings is 1. The Kier molecular flexibility index (Phi) is 4.55. The first kappa shape index (κ1) is 13.1. The summed E-state index contributed by atoms with van der Waals surface area (Å²) in [6, 6.07) is 11.2. The molecule has 0 aliphatic heterocycles. The second-order valence-electron chi connectivity index (χ2n) is 4.14. The van der Waals surface area contributed by atoms with Gasteiger partial charge in [-0.25, -0.2) is 0 Å². The summed E-state index contributed by atoms with van der Waals surface area (Å²) in [7, 11) is 0. The maximum Gasteiger partial charge on any atom is 0.225 e. The van der Waals surface area contributed by atoms with E-state index in [2.05, 4.69) is 10.5 Å². The van der Waals surface area contributed by atoms with Crippen LogP contribution >= 0.6 is 0 Å². The summed E-state index contributed by atoms with van der Waals surface area (Å²) in [5, 5.41) is 6.36. The zero-order valence-electron chi connectivity index (χ0n) is 10.8. The molecule has 1 aromatic heterocycles. The van der Waals surface area contributed by atoms with E-state index in [-0.39, 0.29) is 5.91 Å². The molecule has 19 heavy (non-hydrogen) atoms. The number of ether oxygens (including phenoxy) is 1. The van der Waals surface area contributed by atoms with Crippen molar-refractivity contribution in [1.29, 1.82) is 0 Å². The summed E-state index contributed by atoms with van der Waals surface area (Å²) >= 11 is 0. The highest BCUT2D eigenvalue weighted by Gasteiger charge is 2.05. The fraction of sp³-hybridized carbons (Fsp3) is 0.286. The van der Waals surface area contributed by atoms with E-state index in [0.29, 0.717) is 31.0 Å². The Hall–Kier alpha value is -2.30. The molecule has 0 unspecified atom stereocenters. The minimum atomic E-state index is -0.0926. The number of aromatic nitrogens is 1. The maximum absolute atomic E-state index is 11.6. The summed E-state index contributed by atoms with van der Waals surface area (Å²) in [6.45, 7) is 2.28. The standard InChI is InChI=1S/C14H16N2O3/c1-11-10-13(16-19-11)15-14(17)8-5-9-18-12-6-3-2-4-7-12/h2-4,6-7,10H,5,8-9H2,1H3,(H,15,16,17). The quantitative estimate of drug-likeness (QED) is 0.811. The third-order valence-electron chi connectivity index (χ3n) is 2.46. The highest BCUT2D eigenvalue weighted by atomic mass is 16.5. The molecule has 0 atom stereocenters. The van der Waals surface area contributed by atoms with Crippen molar-refractivity contribution in [3.63, 3.8) is 0 Å². The SMILES string of the molecule is Cc1cc(NC(=O)CCCOc2ccccc2)no1. The summed E-state index contributed by atoms with van der Waals surface area (Å²) in [6.07, 6.45) is 1.04. The zero-order chi connectivity index (χ0) is 13.5. The maximum atomic E-state index is 11.6. The van der Waals surface area contributed by atoms with Gasteiger partial charge in [0.15, 0.2) is 5.82 Å². The lowest BCUT2D eigenvalue weighted by molar-refractivity contribution is -0.116. The van der Waals surface area contributed by atoms with Crippen molar-refractivity contribution < 1.29 is 14.1 Å². The second kappa shape index (κ2) is 6.58. The Morgan fingerprint density at radius 3 is 2.84 bits per heavy atom. The number of hydrogen-bond acceptors (Lipinski definition) is 4. The van der Waals surface area contributed by atoms with Crippen molar-refractivity contribution >= 4 is 11.7 Å². The van der Waals surface area contributed by atoms with E-state index in [0.717, 1.165) is 5.75 Å². The molecule has 0 fully saturated rings. The van der Waals surface area contributed by atoms with Gasteiger partial charge in [0.05, 0.1) is 6.61 Å². The fourth-order valence-electron chi connectivity index (χ4n) is 1.57. The van der Waals surface area contributed by atoms with Crippen molar-refractivity contribution in [1.82, 2.24) is 5.16 Å². The molecule has 1 N–H and O–H groups in total. The van der Waals surface area contributed by atoms with Crippen LogP contribution in [-0.2, 0) is 4.79 Å². The summed E-state index contributed by atoms with van der Waals surface area (Å²) in [4.78, 5) is 11.6. The third kappa shape index (κ3) is 4.46. The fourth-order valence-corrected chi connectivity index (χ4v) is 1.57. The summed E-state index contributed by atoms with van der Waals surface area (Å²) < 4.78 is 10.4. The minimum absolute atomic E-state index is 0.0926. The van der Waals surface area contributed by atoms with Gasteiger partial charge < -0.3 is 14.6 Å². The van der Waals surface area contributed by atoms with E-state index >= 15 is 0 Å². The minimum Gasteiger partial charge on any atom is -0.494 e. The Balaban J connectivity index is 1.64. The molecular formula is C14H16N2O3. The molecule has 2 aromatic rings. The van der Waals surface area contributed by atoms with Crippen molar-refractivity contribution in [2.45, 2.75) is 19.8 Å². The number of anilines is 1. The zero-order valence-corrected chi connectivity index (χ0v) is 10.8. The number of nitrogens with one attached hydrogen (secondary N) is 1. The largest absolute Gasteiger partial charge is 0.494 e. The van der Waals surface area contributed by atoms with E-state index < -0.39 is 0 Å². The number of amides is 1. The van der Waals surface area contributed by atoms with Gasteiger partial charge in [0.2, 0.25) is 5.91 Å². The molecule has 0 aliphatic carbocycles. The molecule has 0 saturated carbocycles. The Bertz CT molecular complexity index is 522. The lowest BCUT2D eigenvalue weighted by Gasteiger charge is -2.05. The molecule has 0 spiro atoms. The van der Waals surface area contributed by atoms with Crippen LogP contribution in [0.5, 0.6) is 5.75 Å². The molecule has 5 nitrogen and oxygen atoms in total. The van der Waals surface area contributed by atoms with Crippen molar-refractivity contribution in [3.05, 3.63) is 42.2 Å². The van der Waals surface area contributed by atoms with Crippen LogP contribution in [0.4, 0.5) is 5.82 Å². The lowest BCUT2D eigenvalue weighted by atomic mass is 10.3. The average molecular weight is 260 g/mol. The molecule has 100 valence electrons. The van der Waals surface area contributed by atoms with Crippen LogP contribution in [-0.4, -0.2) is 17.7 Å². The molecule has 5 heteroatoms. The number of hydrogen-bond donors (Lipinski definition) is 1. The average Bonchev–Trinajstić information content (AvgIpc) is 2.81. The van der Waals surface area contributed by atoms with Crippen LogP contribution in [0.2, 0.25) is 0 Å². The van der Waals surface area contributed by atoms with Crippen LogP contribution in [0.3, 0.4) is 0 Å². The molecule has 2 rings (SSSR count). The van der Waals surface area contributed by atoms with Crippen molar-refractivity contribution in [2.75, 3.05) is 11.9 Å². The van der Waals surface area contributed by atoms with E-state index in [9.17, 15) is 4.79 Å². The molecule has 1 aromatic carbocycles. The van der Waals surface area contributed by atoms with E-state index in [4.69, 9.17) is 9.26 Å². The van der Waals surface area contributed by atoms with Gasteiger partial charge >= 0.3 is 0 Å². The first-order valence-electron chi connectivity index (χ1n) is 6.15. The molecule has 1 amide bonds. The number of carbonyl (C=O) groups excluding carboxylic acids is 1. The monoisotopic (exact) mass is 260 g/mol. The Labute approximate surface area is 111 Å². The first-order chi connectivity index (χ1) is 9.24. The number of para-hydroxylation sites is 1. The number of rotatable bonds is 6. The predicted octanol–water partition coefficient (Wildman–Crippen LogP) is 2.78. The van der Waals surface area contributed by atoms with Gasteiger partial charge in [0, 0.05) is 12.5 Å². The van der Waals surface area contributed by atoms with Crippen LogP contribution < -0.4 is 10.1 Å². The second-order valence-corrected chi connectivity index (χ2v) is 4.14. The third-order valence-corrected chi connectivity index (χ3v) is 2.46. The summed E-state index contributed by atoms with van der Waals surface area (Å²) in [5.41, 5.74) is 0. The highest BCUT2D eigenvalue weighted by molar-refractivity contribution is 5.89. The molecule has 1 heterocycles. The highest BCUT2D eigenvalue weighted by Crippen LogP contribution is 2.10. The van der Waals surface area contributed by atoms with Gasteiger partial charge in [-0.1, -0.05) is 23.4 Å². The van der Waals surface area contributed by atoms with Crippen molar-refractivity contribution in [2.24, 2.45) is 0 Å². The predicted molar refractivity (Wildman–Crippen MR) is 71.0 cm³/mol. The topological polar surface area (TPSA) is 64.4 Å². The Morgan fingerprint density at radius 2 is 2.16 bits per heavy atom. The van der Waals surface area contributed by atoms with Gasteiger partial charge in [-0.2, -0.15) is 0 Å². The van der Waals surface area contributed by atoms with Crippen LogP contribution in [0, 0.1) is 6.92 Å². The van der Waals surface area contributed by atoms with E-state index in [1.54, 1.807) is 13.0 Å². The molecule has 0 radical (unpaired) electrons. The molecule has 0 bridgehead atoms. The van der Waals surface area contributed by atoms with Crippen LogP contribution in [0.25, 0.3) is 0 Å². The van der Waals surface area contributed by atoms with Gasteiger partial charge in [-0.15, -0.1) is 0 Å². The number of carbonyl (C=O) groups is 1. The van der Waals surface area contributed by atoms with Gasteiger partial charge in [0.25, 0.3) is 0 Å². The smallest absolute Gasteiger partial charge is 0.225 e. The Morgan fingerprint density at radius 1 is 1.37 bits per heavy atom. The molecular weight excluding hydrogens is 244 g/mol. The van der Waals surface area contributed by atoms with Crippen molar-refractivity contribution in [3.8, 4) is 5.75 Å².